The number of nitrogens with one attached hydrogen (secondary N) is 2. The monoisotopic (exact) mass is 350 g/mol. The molecular weight excluding hydrogens is 316 g/mol. The van der Waals surface area contributed by atoms with Crippen LogP contribution in [0.25, 0.3) is 0 Å². The van der Waals surface area contributed by atoms with Crippen LogP contribution in [0.4, 0.5) is 0 Å². The third-order valence-corrected chi connectivity index (χ3v) is 3.42. The van der Waals surface area contributed by atoms with Gasteiger partial charge in [-0.3, -0.25) is 4.79 Å². The number of amides is 1. The van der Waals surface area contributed by atoms with Crippen LogP contribution in [-0.2, 0) is 16.1 Å². The van der Waals surface area contributed by atoms with E-state index in [1.54, 1.807) is 0 Å². The number of carbonyl (C=O) groups excluding carboxylic acids is 1. The number of rotatable bonds is 12. The maximum atomic E-state index is 11.7. The summed E-state index contributed by atoms with van der Waals surface area (Å²) in [6.45, 7) is 11.5. The van der Waals surface area contributed by atoms with Crippen LogP contribution in [0.2, 0.25) is 0 Å². The number of hydrogen-bond donors (Lipinski definition) is 2. The van der Waals surface area contributed by atoms with Gasteiger partial charge in [0.2, 0.25) is 0 Å². The Balaban J connectivity index is 2.16. The lowest BCUT2D eigenvalue weighted by atomic mass is 10.1. The first-order valence-electron chi connectivity index (χ1n) is 9.22. The van der Waals surface area contributed by atoms with E-state index in [-0.39, 0.29) is 18.1 Å². The van der Waals surface area contributed by atoms with Gasteiger partial charge in [0.05, 0.1) is 0 Å². The maximum Gasteiger partial charge on any atom is 0.258 e. The van der Waals surface area contributed by atoms with Crippen molar-refractivity contribution >= 4 is 5.91 Å². The van der Waals surface area contributed by atoms with Crippen molar-refractivity contribution < 1.29 is 14.3 Å². The molecule has 5 nitrogen and oxygen atoms in total. The second-order valence-corrected chi connectivity index (χ2v) is 7.23. The summed E-state index contributed by atoms with van der Waals surface area (Å²) in [5.41, 5.74) is 0.954. The number of benzene rings is 1. The molecule has 5 heteroatoms. The van der Waals surface area contributed by atoms with Crippen LogP contribution in [0.15, 0.2) is 24.3 Å². The molecule has 1 rings (SSSR count). The van der Waals surface area contributed by atoms with Crippen LogP contribution < -0.4 is 15.4 Å². The zero-order valence-corrected chi connectivity index (χ0v) is 16.2. The molecule has 1 aromatic rings. The summed E-state index contributed by atoms with van der Waals surface area (Å²) < 4.78 is 11.0. The normalized spacial score (nSPS) is 11.4. The fourth-order valence-electron chi connectivity index (χ4n) is 2.19. The molecule has 0 radical (unpaired) electrons. The second-order valence-electron chi connectivity index (χ2n) is 7.23. The predicted molar refractivity (Wildman–Crippen MR) is 102 cm³/mol. The van der Waals surface area contributed by atoms with Gasteiger partial charge < -0.3 is 20.1 Å². The smallest absolute Gasteiger partial charge is 0.258 e. The summed E-state index contributed by atoms with van der Waals surface area (Å²) in [7, 11) is 0. The van der Waals surface area contributed by atoms with E-state index in [4.69, 9.17) is 9.47 Å². The molecule has 0 spiro atoms. The van der Waals surface area contributed by atoms with Gasteiger partial charge in [-0.25, -0.2) is 0 Å². The topological polar surface area (TPSA) is 59.6 Å². The van der Waals surface area contributed by atoms with Crippen molar-refractivity contribution in [2.24, 2.45) is 0 Å². The SMILES string of the molecule is CCCCOCCCNCc1ccc(OCC(=O)NC(C)(C)C)cc1. The molecule has 0 bridgehead atoms. The van der Waals surface area contributed by atoms with Crippen LogP contribution in [-0.4, -0.2) is 37.8 Å². The van der Waals surface area contributed by atoms with Gasteiger partial charge in [-0.15, -0.1) is 0 Å². The summed E-state index contributed by atoms with van der Waals surface area (Å²) in [6, 6.07) is 7.83. The van der Waals surface area contributed by atoms with Crippen LogP contribution in [0.1, 0.15) is 52.5 Å². The Hall–Kier alpha value is -1.59. The highest BCUT2D eigenvalue weighted by molar-refractivity contribution is 5.78. The van der Waals surface area contributed by atoms with Crippen molar-refractivity contribution in [2.45, 2.75) is 59.0 Å². The fraction of sp³-hybridized carbons (Fsp3) is 0.650. The Kier molecular flexibility index (Phi) is 10.2. The number of hydrogen-bond acceptors (Lipinski definition) is 4. The minimum Gasteiger partial charge on any atom is -0.484 e. The summed E-state index contributed by atoms with van der Waals surface area (Å²) in [4.78, 5) is 11.7. The summed E-state index contributed by atoms with van der Waals surface area (Å²) >= 11 is 0. The molecule has 0 aromatic heterocycles. The van der Waals surface area contributed by atoms with Gasteiger partial charge in [-0.2, -0.15) is 0 Å². The van der Waals surface area contributed by atoms with E-state index in [0.29, 0.717) is 5.75 Å². The maximum absolute atomic E-state index is 11.7. The van der Waals surface area contributed by atoms with Crippen molar-refractivity contribution in [1.29, 1.82) is 0 Å². The highest BCUT2D eigenvalue weighted by Gasteiger charge is 2.13. The van der Waals surface area contributed by atoms with Gasteiger partial charge in [0.1, 0.15) is 5.75 Å². The lowest BCUT2D eigenvalue weighted by molar-refractivity contribution is -0.124. The van der Waals surface area contributed by atoms with E-state index in [9.17, 15) is 4.79 Å². The van der Waals surface area contributed by atoms with E-state index in [0.717, 1.165) is 39.1 Å². The van der Waals surface area contributed by atoms with Gasteiger partial charge >= 0.3 is 0 Å². The molecular formula is C20H34N2O3. The highest BCUT2D eigenvalue weighted by atomic mass is 16.5. The molecule has 0 aliphatic carbocycles. The predicted octanol–water partition coefficient (Wildman–Crippen LogP) is 3.28. The first kappa shape index (κ1) is 21.5. The van der Waals surface area contributed by atoms with E-state index >= 15 is 0 Å². The average molecular weight is 351 g/mol. The van der Waals surface area contributed by atoms with Crippen LogP contribution in [0, 0.1) is 0 Å². The lowest BCUT2D eigenvalue weighted by Crippen LogP contribution is -2.43. The van der Waals surface area contributed by atoms with Gasteiger partial charge in [-0.05, 0) is 57.9 Å². The van der Waals surface area contributed by atoms with Crippen molar-refractivity contribution in [2.75, 3.05) is 26.4 Å². The summed E-state index contributed by atoms with van der Waals surface area (Å²) in [5, 5.41) is 6.28. The molecule has 1 amide bonds. The molecule has 0 saturated carbocycles. The Bertz CT molecular complexity index is 481. The van der Waals surface area contributed by atoms with E-state index < -0.39 is 0 Å². The van der Waals surface area contributed by atoms with Crippen LogP contribution >= 0.6 is 0 Å². The van der Waals surface area contributed by atoms with Crippen LogP contribution in [0.3, 0.4) is 0 Å². The van der Waals surface area contributed by atoms with E-state index in [1.807, 2.05) is 45.0 Å². The molecule has 1 aromatic carbocycles. The Morgan fingerprint density at radius 1 is 1.08 bits per heavy atom. The summed E-state index contributed by atoms with van der Waals surface area (Å²) in [5.74, 6) is 0.594. The first-order chi connectivity index (χ1) is 11.9. The molecule has 0 heterocycles. The minimum absolute atomic E-state index is 0.0346. The number of unbranched alkanes of at least 4 members (excludes halogenated alkanes) is 1. The van der Waals surface area contributed by atoms with Gasteiger partial charge in [0, 0.05) is 25.3 Å². The molecule has 0 fully saturated rings. The van der Waals surface area contributed by atoms with Crippen LogP contribution in [0.5, 0.6) is 5.75 Å². The molecule has 25 heavy (non-hydrogen) atoms. The zero-order valence-electron chi connectivity index (χ0n) is 16.2. The van der Waals surface area contributed by atoms with Gasteiger partial charge in [0.25, 0.3) is 5.91 Å². The Labute approximate surface area is 152 Å². The third kappa shape index (κ3) is 11.6. The van der Waals surface area contributed by atoms with Gasteiger partial charge in [0.15, 0.2) is 6.61 Å². The average Bonchev–Trinajstić information content (AvgIpc) is 2.55. The van der Waals surface area contributed by atoms with Gasteiger partial charge in [-0.1, -0.05) is 25.5 Å². The quantitative estimate of drug-likeness (QED) is 0.568. The van der Waals surface area contributed by atoms with Crippen molar-refractivity contribution in [3.8, 4) is 5.75 Å². The molecule has 0 unspecified atom stereocenters. The fourth-order valence-corrected chi connectivity index (χ4v) is 2.19. The lowest BCUT2D eigenvalue weighted by Gasteiger charge is -2.20. The Morgan fingerprint density at radius 3 is 2.40 bits per heavy atom. The minimum atomic E-state index is -0.239. The standard InChI is InChI=1S/C20H34N2O3/c1-5-6-13-24-14-7-12-21-15-17-8-10-18(11-9-17)25-16-19(23)22-20(2,3)4/h8-11,21H,5-7,12-16H2,1-4H3,(H,22,23). The molecule has 2 N–H and O–H groups in total. The first-order valence-corrected chi connectivity index (χ1v) is 9.22. The molecule has 142 valence electrons. The largest absolute Gasteiger partial charge is 0.484 e. The van der Waals surface area contributed by atoms with E-state index in [2.05, 4.69) is 17.6 Å². The van der Waals surface area contributed by atoms with E-state index in [1.165, 1.54) is 12.0 Å². The zero-order chi connectivity index (χ0) is 18.5. The Morgan fingerprint density at radius 2 is 1.76 bits per heavy atom. The number of ether oxygens (including phenoxy) is 2. The molecule has 0 aliphatic heterocycles. The third-order valence-electron chi connectivity index (χ3n) is 3.42. The molecule has 0 saturated heterocycles. The summed E-state index contributed by atoms with van der Waals surface area (Å²) in [6.07, 6.45) is 3.34. The van der Waals surface area contributed by atoms with Crippen molar-refractivity contribution in [1.82, 2.24) is 10.6 Å². The van der Waals surface area contributed by atoms with Crippen molar-refractivity contribution in [3.63, 3.8) is 0 Å². The molecule has 0 aliphatic rings. The van der Waals surface area contributed by atoms with Crippen molar-refractivity contribution in [3.05, 3.63) is 29.8 Å². The molecule has 0 atom stereocenters. The highest BCUT2D eigenvalue weighted by Crippen LogP contribution is 2.12. The number of carbonyl (C=O) groups is 1. The second kappa shape index (κ2) is 11.9.